The van der Waals surface area contributed by atoms with Crippen LogP contribution in [0, 0.1) is 11.3 Å². The number of anilines is 1. The number of hydrogen-bond acceptors (Lipinski definition) is 4. The summed E-state index contributed by atoms with van der Waals surface area (Å²) in [4.78, 5) is 12.6. The van der Waals surface area contributed by atoms with Gasteiger partial charge in [-0.2, -0.15) is 5.26 Å². The Morgan fingerprint density at radius 2 is 1.71 bits per heavy atom. The summed E-state index contributed by atoms with van der Waals surface area (Å²) in [6.07, 6.45) is 1.44. The highest BCUT2D eigenvalue weighted by atomic mass is 35.5. The standard InChI is InChI=1S/C25H18Cl4N2O3/c1-2-33-24-11-15(4-8-23(24)34-14-16-3-6-19(27)21(29)10-16)9-17(13-30)25(32)31-22-12-18(26)5-7-20(22)28/h3-12H,2,14H2,1H3,(H,31,32)/b17-9+. The molecule has 0 aromatic heterocycles. The van der Waals surface area contributed by atoms with E-state index in [0.29, 0.717) is 49.4 Å². The second-order valence-corrected chi connectivity index (χ2v) is 8.58. The van der Waals surface area contributed by atoms with E-state index >= 15 is 0 Å². The molecule has 0 bridgehead atoms. The maximum Gasteiger partial charge on any atom is 0.266 e. The van der Waals surface area contributed by atoms with Crippen molar-refractivity contribution in [3.05, 3.63) is 91.4 Å². The van der Waals surface area contributed by atoms with Gasteiger partial charge < -0.3 is 14.8 Å². The number of benzene rings is 3. The van der Waals surface area contributed by atoms with Crippen molar-refractivity contribution in [2.45, 2.75) is 13.5 Å². The van der Waals surface area contributed by atoms with E-state index in [9.17, 15) is 10.1 Å². The van der Waals surface area contributed by atoms with Crippen LogP contribution in [-0.4, -0.2) is 12.5 Å². The van der Waals surface area contributed by atoms with E-state index in [-0.39, 0.29) is 12.2 Å². The molecule has 0 radical (unpaired) electrons. The molecule has 3 rings (SSSR count). The molecule has 3 aromatic rings. The van der Waals surface area contributed by atoms with Gasteiger partial charge in [0, 0.05) is 5.02 Å². The van der Waals surface area contributed by atoms with Gasteiger partial charge in [0.1, 0.15) is 18.2 Å². The van der Waals surface area contributed by atoms with Crippen LogP contribution >= 0.6 is 46.4 Å². The molecule has 0 heterocycles. The third kappa shape index (κ3) is 6.82. The molecule has 0 aliphatic rings. The van der Waals surface area contributed by atoms with Crippen LogP contribution < -0.4 is 14.8 Å². The molecular weight excluding hydrogens is 518 g/mol. The van der Waals surface area contributed by atoms with E-state index in [0.717, 1.165) is 5.56 Å². The SMILES string of the molecule is CCOc1cc(/C=C(\C#N)C(=O)Nc2cc(Cl)ccc2Cl)ccc1OCc1ccc(Cl)c(Cl)c1. The molecule has 0 spiro atoms. The molecule has 1 amide bonds. The number of carbonyl (C=O) groups is 1. The van der Waals surface area contributed by atoms with Crippen LogP contribution in [0.5, 0.6) is 11.5 Å². The minimum absolute atomic E-state index is 0.122. The topological polar surface area (TPSA) is 71.3 Å². The van der Waals surface area contributed by atoms with Crippen molar-refractivity contribution >= 4 is 64.1 Å². The lowest BCUT2D eigenvalue weighted by molar-refractivity contribution is -0.112. The third-order valence-electron chi connectivity index (χ3n) is 4.50. The summed E-state index contributed by atoms with van der Waals surface area (Å²) in [5, 5.41) is 13.7. The Morgan fingerprint density at radius 1 is 0.941 bits per heavy atom. The summed E-state index contributed by atoms with van der Waals surface area (Å²) in [6, 6.07) is 16.9. The third-order valence-corrected chi connectivity index (χ3v) is 5.80. The summed E-state index contributed by atoms with van der Waals surface area (Å²) >= 11 is 24.1. The summed E-state index contributed by atoms with van der Waals surface area (Å²) in [5.74, 6) is 0.343. The van der Waals surface area contributed by atoms with Gasteiger partial charge in [-0.25, -0.2) is 0 Å². The zero-order chi connectivity index (χ0) is 24.7. The van der Waals surface area contributed by atoms with E-state index < -0.39 is 5.91 Å². The summed E-state index contributed by atoms with van der Waals surface area (Å²) in [6.45, 7) is 2.49. The van der Waals surface area contributed by atoms with Crippen LogP contribution in [0.15, 0.2) is 60.2 Å². The Hall–Kier alpha value is -2.88. The number of amides is 1. The fourth-order valence-corrected chi connectivity index (χ4v) is 3.55. The minimum Gasteiger partial charge on any atom is -0.490 e. The molecule has 0 unspecified atom stereocenters. The van der Waals surface area contributed by atoms with E-state index in [1.807, 2.05) is 19.1 Å². The normalized spacial score (nSPS) is 11.0. The van der Waals surface area contributed by atoms with Gasteiger partial charge in [0.25, 0.3) is 5.91 Å². The number of ether oxygens (including phenoxy) is 2. The number of halogens is 4. The number of hydrogen-bond donors (Lipinski definition) is 1. The first-order valence-corrected chi connectivity index (χ1v) is 11.5. The molecule has 174 valence electrons. The van der Waals surface area contributed by atoms with Crippen LogP contribution in [0.1, 0.15) is 18.1 Å². The summed E-state index contributed by atoms with van der Waals surface area (Å²) in [7, 11) is 0. The summed E-state index contributed by atoms with van der Waals surface area (Å²) < 4.78 is 11.6. The molecule has 0 saturated heterocycles. The highest BCUT2D eigenvalue weighted by Gasteiger charge is 2.13. The second kappa shape index (κ2) is 12.0. The Balaban J connectivity index is 1.80. The van der Waals surface area contributed by atoms with Gasteiger partial charge in [-0.1, -0.05) is 58.5 Å². The van der Waals surface area contributed by atoms with E-state index in [4.69, 9.17) is 55.9 Å². The number of carbonyl (C=O) groups excluding carboxylic acids is 1. The lowest BCUT2D eigenvalue weighted by atomic mass is 10.1. The molecular formula is C25H18Cl4N2O3. The van der Waals surface area contributed by atoms with Crippen LogP contribution in [0.3, 0.4) is 0 Å². The average Bonchev–Trinajstić information content (AvgIpc) is 2.81. The number of rotatable bonds is 8. The molecule has 0 atom stereocenters. The van der Waals surface area contributed by atoms with E-state index in [1.165, 1.54) is 12.1 Å². The van der Waals surface area contributed by atoms with Gasteiger partial charge in [0.05, 0.1) is 27.4 Å². The first kappa shape index (κ1) is 25.7. The molecule has 0 saturated carbocycles. The molecule has 34 heavy (non-hydrogen) atoms. The largest absolute Gasteiger partial charge is 0.490 e. The molecule has 0 aliphatic carbocycles. The molecule has 9 heteroatoms. The molecule has 1 N–H and O–H groups in total. The molecule has 0 aliphatic heterocycles. The maximum absolute atomic E-state index is 12.6. The van der Waals surface area contributed by atoms with Crippen molar-refractivity contribution in [3.8, 4) is 17.6 Å². The minimum atomic E-state index is -0.621. The molecule has 5 nitrogen and oxygen atoms in total. The first-order chi connectivity index (χ1) is 16.3. The quantitative estimate of drug-likeness (QED) is 0.235. The monoisotopic (exact) mass is 534 g/mol. The first-order valence-electron chi connectivity index (χ1n) is 10.0. The molecule has 0 fully saturated rings. The maximum atomic E-state index is 12.6. The predicted molar refractivity (Wildman–Crippen MR) is 137 cm³/mol. The van der Waals surface area contributed by atoms with Crippen molar-refractivity contribution < 1.29 is 14.3 Å². The Labute approximate surface area is 217 Å². The highest BCUT2D eigenvalue weighted by molar-refractivity contribution is 6.42. The second-order valence-electron chi connectivity index (χ2n) is 6.92. The van der Waals surface area contributed by atoms with Gasteiger partial charge in [-0.15, -0.1) is 0 Å². The van der Waals surface area contributed by atoms with Crippen LogP contribution in [-0.2, 0) is 11.4 Å². The van der Waals surface area contributed by atoms with Crippen molar-refractivity contribution in [1.82, 2.24) is 0 Å². The number of nitrogens with zero attached hydrogens (tertiary/aromatic N) is 1. The van der Waals surface area contributed by atoms with Gasteiger partial charge in [0.2, 0.25) is 0 Å². The van der Waals surface area contributed by atoms with Crippen LogP contribution in [0.25, 0.3) is 6.08 Å². The predicted octanol–water partition coefficient (Wildman–Crippen LogP) is 7.82. The Bertz CT molecular complexity index is 1290. The Kier molecular flexibility index (Phi) is 9.09. The van der Waals surface area contributed by atoms with Gasteiger partial charge in [-0.05, 0) is 66.6 Å². The zero-order valence-electron chi connectivity index (χ0n) is 17.9. The fraction of sp³-hybridized carbons (Fsp3) is 0.120. The van der Waals surface area contributed by atoms with Gasteiger partial charge >= 0.3 is 0 Å². The zero-order valence-corrected chi connectivity index (χ0v) is 20.9. The van der Waals surface area contributed by atoms with Gasteiger partial charge in [0.15, 0.2) is 11.5 Å². The average molecular weight is 536 g/mol. The van der Waals surface area contributed by atoms with Gasteiger partial charge in [-0.3, -0.25) is 4.79 Å². The van der Waals surface area contributed by atoms with Crippen molar-refractivity contribution in [2.24, 2.45) is 0 Å². The van der Waals surface area contributed by atoms with Crippen LogP contribution in [0.2, 0.25) is 20.1 Å². The summed E-state index contributed by atoms with van der Waals surface area (Å²) in [5.41, 5.74) is 1.60. The van der Waals surface area contributed by atoms with Crippen molar-refractivity contribution in [1.29, 1.82) is 5.26 Å². The smallest absolute Gasteiger partial charge is 0.266 e. The Morgan fingerprint density at radius 3 is 2.41 bits per heavy atom. The number of nitriles is 1. The highest BCUT2D eigenvalue weighted by Crippen LogP contribution is 2.31. The lowest BCUT2D eigenvalue weighted by Gasteiger charge is -2.13. The van der Waals surface area contributed by atoms with Crippen molar-refractivity contribution in [3.63, 3.8) is 0 Å². The fourth-order valence-electron chi connectivity index (χ4n) is 2.89. The van der Waals surface area contributed by atoms with E-state index in [2.05, 4.69) is 5.32 Å². The number of nitrogens with one attached hydrogen (secondary N) is 1. The lowest BCUT2D eigenvalue weighted by Crippen LogP contribution is -2.13. The van der Waals surface area contributed by atoms with Crippen LogP contribution in [0.4, 0.5) is 5.69 Å². The van der Waals surface area contributed by atoms with Crippen molar-refractivity contribution in [2.75, 3.05) is 11.9 Å². The van der Waals surface area contributed by atoms with E-state index in [1.54, 1.807) is 42.5 Å². The molecule has 3 aromatic carbocycles.